The molecule has 0 spiro atoms. The van der Waals surface area contributed by atoms with Crippen molar-refractivity contribution in [3.63, 3.8) is 0 Å². The predicted octanol–water partition coefficient (Wildman–Crippen LogP) is 4.08. The van der Waals surface area contributed by atoms with Crippen LogP contribution < -0.4 is 10.9 Å². The van der Waals surface area contributed by atoms with E-state index >= 15 is 0 Å². The lowest BCUT2D eigenvalue weighted by Gasteiger charge is -2.18. The Morgan fingerprint density at radius 2 is 1.48 bits per heavy atom. The number of carbonyl (C=O) groups is 1. The highest BCUT2D eigenvalue weighted by Crippen LogP contribution is 2.26. The maximum absolute atomic E-state index is 13.3. The normalized spacial score (nSPS) is 11.0. The van der Waals surface area contributed by atoms with E-state index in [1.54, 1.807) is 19.2 Å². The molecule has 4 aromatic rings. The number of nitrogens with zero attached hydrogens (tertiary/aromatic N) is 2. The van der Waals surface area contributed by atoms with Gasteiger partial charge in [-0.2, -0.15) is 0 Å². The van der Waals surface area contributed by atoms with E-state index in [0.29, 0.717) is 11.3 Å². The van der Waals surface area contributed by atoms with Gasteiger partial charge in [0.05, 0.1) is 11.6 Å². The number of nitrogens with one attached hydrogen (secondary N) is 1. The van der Waals surface area contributed by atoms with Crippen LogP contribution in [0.15, 0.2) is 83.8 Å². The summed E-state index contributed by atoms with van der Waals surface area (Å²) >= 11 is 0. The molecule has 0 saturated heterocycles. The molecule has 0 aliphatic heterocycles. The van der Waals surface area contributed by atoms with Crippen LogP contribution in [0.25, 0.3) is 5.65 Å². The monoisotopic (exact) mass is 383 g/mol. The number of carbonyl (C=O) groups excluding carboxylic acids is 1. The molecule has 0 fully saturated rings. The van der Waals surface area contributed by atoms with Gasteiger partial charge in [0.1, 0.15) is 11.3 Å². The van der Waals surface area contributed by atoms with Crippen LogP contribution in [0.1, 0.15) is 28.3 Å². The van der Waals surface area contributed by atoms with Crippen molar-refractivity contribution in [2.24, 2.45) is 0 Å². The molecule has 29 heavy (non-hydrogen) atoms. The highest BCUT2D eigenvalue weighted by atomic mass is 16.2. The standard InChI is InChI=1S/C24H21N3O2/c1-16-13-14-20-25-17(2)22(24(29)27(20)15-16)26-23(28)21(18-9-5-3-6-10-18)19-11-7-4-8-12-19/h3-15,21H,1-2H3,(H,26,28). The van der Waals surface area contributed by atoms with E-state index in [2.05, 4.69) is 10.3 Å². The predicted molar refractivity (Wildman–Crippen MR) is 114 cm³/mol. The first kappa shape index (κ1) is 18.6. The molecule has 0 atom stereocenters. The number of hydrogen-bond donors (Lipinski definition) is 1. The van der Waals surface area contributed by atoms with E-state index in [9.17, 15) is 9.59 Å². The van der Waals surface area contributed by atoms with Gasteiger partial charge in [0, 0.05) is 6.20 Å². The van der Waals surface area contributed by atoms with E-state index < -0.39 is 5.92 Å². The summed E-state index contributed by atoms with van der Waals surface area (Å²) in [4.78, 5) is 30.9. The Balaban J connectivity index is 1.78. The van der Waals surface area contributed by atoms with Crippen LogP contribution in [0.5, 0.6) is 0 Å². The molecule has 0 aliphatic rings. The summed E-state index contributed by atoms with van der Waals surface area (Å²) < 4.78 is 1.47. The van der Waals surface area contributed by atoms with Gasteiger partial charge in [0.25, 0.3) is 5.56 Å². The third-order valence-corrected chi connectivity index (χ3v) is 4.93. The first-order valence-corrected chi connectivity index (χ1v) is 9.45. The Labute approximate surface area is 168 Å². The van der Waals surface area contributed by atoms with Crippen LogP contribution in [0.2, 0.25) is 0 Å². The number of aromatic nitrogens is 2. The molecule has 2 aromatic heterocycles. The number of fused-ring (bicyclic) bond motifs is 1. The average molecular weight is 383 g/mol. The van der Waals surface area contributed by atoms with E-state index in [1.807, 2.05) is 73.7 Å². The van der Waals surface area contributed by atoms with E-state index in [4.69, 9.17) is 0 Å². The third kappa shape index (κ3) is 3.67. The summed E-state index contributed by atoms with van der Waals surface area (Å²) in [6, 6.07) is 22.8. The molecule has 0 aliphatic carbocycles. The number of pyridine rings is 1. The van der Waals surface area contributed by atoms with Gasteiger partial charge < -0.3 is 5.32 Å². The highest BCUT2D eigenvalue weighted by molar-refractivity contribution is 5.98. The molecule has 144 valence electrons. The SMILES string of the molecule is Cc1ccc2nc(C)c(NC(=O)C(c3ccccc3)c3ccccc3)c(=O)n2c1. The molecule has 0 saturated carbocycles. The second-order valence-corrected chi connectivity index (χ2v) is 7.06. The molecule has 4 rings (SSSR count). The fourth-order valence-corrected chi connectivity index (χ4v) is 3.48. The van der Waals surface area contributed by atoms with Gasteiger partial charge in [0.15, 0.2) is 0 Å². The van der Waals surface area contributed by atoms with Crippen LogP contribution in [-0.4, -0.2) is 15.3 Å². The number of anilines is 1. The topological polar surface area (TPSA) is 63.5 Å². The first-order chi connectivity index (χ1) is 14.0. The fourth-order valence-electron chi connectivity index (χ4n) is 3.48. The maximum Gasteiger partial charge on any atom is 0.281 e. The minimum atomic E-state index is -0.533. The van der Waals surface area contributed by atoms with E-state index in [-0.39, 0.29) is 17.2 Å². The van der Waals surface area contributed by atoms with Gasteiger partial charge >= 0.3 is 0 Å². The van der Waals surface area contributed by atoms with E-state index in [1.165, 1.54) is 4.40 Å². The minimum absolute atomic E-state index is 0.204. The fraction of sp³-hybridized carbons (Fsp3) is 0.125. The van der Waals surface area contributed by atoms with Gasteiger partial charge in [0.2, 0.25) is 5.91 Å². The van der Waals surface area contributed by atoms with Crippen molar-refractivity contribution in [1.82, 2.24) is 9.38 Å². The number of rotatable bonds is 4. The summed E-state index contributed by atoms with van der Waals surface area (Å²) in [5.74, 6) is -0.800. The second-order valence-electron chi connectivity index (χ2n) is 7.06. The zero-order valence-electron chi connectivity index (χ0n) is 16.3. The van der Waals surface area contributed by atoms with Crippen LogP contribution in [0, 0.1) is 13.8 Å². The molecule has 0 bridgehead atoms. The molecule has 1 amide bonds. The van der Waals surface area contributed by atoms with Gasteiger partial charge in [-0.15, -0.1) is 0 Å². The Morgan fingerprint density at radius 1 is 0.897 bits per heavy atom. The molecule has 2 heterocycles. The molecule has 0 unspecified atom stereocenters. The molecule has 0 radical (unpaired) electrons. The Bertz CT molecular complexity index is 1190. The molecule has 5 heteroatoms. The van der Waals surface area contributed by atoms with Crippen molar-refractivity contribution < 1.29 is 4.79 Å². The summed E-state index contributed by atoms with van der Waals surface area (Å²) in [6.07, 6.45) is 1.73. The van der Waals surface area contributed by atoms with Crippen LogP contribution in [0.4, 0.5) is 5.69 Å². The van der Waals surface area contributed by atoms with Gasteiger partial charge in [-0.1, -0.05) is 66.7 Å². The Hall–Kier alpha value is -3.73. The van der Waals surface area contributed by atoms with Crippen molar-refractivity contribution in [2.75, 3.05) is 5.32 Å². The second kappa shape index (κ2) is 7.72. The highest BCUT2D eigenvalue weighted by Gasteiger charge is 2.24. The number of amides is 1. The molecule has 5 nitrogen and oxygen atoms in total. The lowest BCUT2D eigenvalue weighted by atomic mass is 9.90. The Kier molecular flexibility index (Phi) is 4.96. The van der Waals surface area contributed by atoms with Crippen LogP contribution >= 0.6 is 0 Å². The van der Waals surface area contributed by atoms with Crippen LogP contribution in [-0.2, 0) is 4.79 Å². The lowest BCUT2D eigenvalue weighted by molar-refractivity contribution is -0.116. The zero-order chi connectivity index (χ0) is 20.4. The maximum atomic E-state index is 13.3. The van der Waals surface area contributed by atoms with Gasteiger partial charge in [-0.25, -0.2) is 4.98 Å². The number of hydrogen-bond acceptors (Lipinski definition) is 3. The molecular formula is C24H21N3O2. The number of aryl methyl sites for hydroxylation is 2. The molecule has 1 N–H and O–H groups in total. The van der Waals surface area contributed by atoms with Gasteiger partial charge in [-0.05, 0) is 36.6 Å². The lowest BCUT2D eigenvalue weighted by Crippen LogP contribution is -2.28. The minimum Gasteiger partial charge on any atom is -0.319 e. The smallest absolute Gasteiger partial charge is 0.281 e. The summed E-state index contributed by atoms with van der Waals surface area (Å²) in [7, 11) is 0. The van der Waals surface area contributed by atoms with Gasteiger partial charge in [-0.3, -0.25) is 14.0 Å². The van der Waals surface area contributed by atoms with Crippen LogP contribution in [0.3, 0.4) is 0 Å². The number of benzene rings is 2. The molecular weight excluding hydrogens is 362 g/mol. The van der Waals surface area contributed by atoms with Crippen molar-refractivity contribution in [3.8, 4) is 0 Å². The van der Waals surface area contributed by atoms with Crippen molar-refractivity contribution >= 4 is 17.2 Å². The third-order valence-electron chi connectivity index (χ3n) is 4.93. The van der Waals surface area contributed by atoms with Crippen molar-refractivity contribution in [2.45, 2.75) is 19.8 Å². The average Bonchev–Trinajstić information content (AvgIpc) is 2.73. The van der Waals surface area contributed by atoms with E-state index in [0.717, 1.165) is 16.7 Å². The largest absolute Gasteiger partial charge is 0.319 e. The Morgan fingerprint density at radius 3 is 2.07 bits per heavy atom. The molecule has 2 aromatic carbocycles. The quantitative estimate of drug-likeness (QED) is 0.577. The summed E-state index contributed by atoms with van der Waals surface area (Å²) in [6.45, 7) is 3.64. The summed E-state index contributed by atoms with van der Waals surface area (Å²) in [5.41, 5.74) is 3.62. The van der Waals surface area contributed by atoms with Crippen molar-refractivity contribution in [3.05, 3.63) is 112 Å². The first-order valence-electron chi connectivity index (χ1n) is 9.45. The zero-order valence-corrected chi connectivity index (χ0v) is 16.3. The summed E-state index contributed by atoms with van der Waals surface area (Å²) in [5, 5.41) is 2.85. The van der Waals surface area contributed by atoms with Crippen molar-refractivity contribution in [1.29, 1.82) is 0 Å².